The average molecular weight is 395 g/mol. The number of hydrogen-bond acceptors (Lipinski definition) is 4. The molecule has 0 spiro atoms. The maximum Gasteiger partial charge on any atom is 0.374 e. The van der Waals surface area contributed by atoms with Crippen molar-refractivity contribution in [2.75, 3.05) is 11.9 Å². The number of carbonyl (C=O) groups excluding carboxylic acids is 2. The number of esters is 1. The van der Waals surface area contributed by atoms with Gasteiger partial charge in [0.1, 0.15) is 11.6 Å². The Labute approximate surface area is 168 Å². The van der Waals surface area contributed by atoms with Gasteiger partial charge in [-0.15, -0.1) is 0 Å². The molecule has 0 atom stereocenters. The third-order valence-corrected chi connectivity index (χ3v) is 4.46. The van der Waals surface area contributed by atoms with Gasteiger partial charge in [0.15, 0.2) is 6.61 Å². The van der Waals surface area contributed by atoms with Crippen molar-refractivity contribution in [2.45, 2.75) is 26.7 Å². The summed E-state index contributed by atoms with van der Waals surface area (Å²) in [7, 11) is 0. The molecular weight excluding hydrogens is 373 g/mol. The second-order valence-corrected chi connectivity index (χ2v) is 6.99. The molecule has 1 N–H and O–H groups in total. The maximum atomic E-state index is 13.0. The predicted molar refractivity (Wildman–Crippen MR) is 108 cm³/mol. The van der Waals surface area contributed by atoms with Gasteiger partial charge in [-0.3, -0.25) is 4.79 Å². The average Bonchev–Trinajstić information content (AvgIpc) is 3.18. The van der Waals surface area contributed by atoms with Crippen molar-refractivity contribution >= 4 is 17.6 Å². The fourth-order valence-corrected chi connectivity index (χ4v) is 2.94. The molecular formula is C23H22FNO4. The Morgan fingerprint density at radius 2 is 1.79 bits per heavy atom. The predicted octanol–water partition coefficient (Wildman–Crippen LogP) is 5.31. The van der Waals surface area contributed by atoms with Crippen LogP contribution in [0.2, 0.25) is 0 Å². The largest absolute Gasteiger partial charge is 0.450 e. The standard InChI is InChI=1S/C23H22FNO4/c1-14(2)18-6-4-5-15(3)22(18)25-21(26)13-28-23(27)20-12-11-19(29-20)16-7-9-17(24)10-8-16/h4-12,14H,13H2,1-3H3,(H,25,26). The molecule has 6 heteroatoms. The first kappa shape index (κ1) is 20.3. The van der Waals surface area contributed by atoms with Crippen LogP contribution in [0.5, 0.6) is 0 Å². The van der Waals surface area contributed by atoms with Gasteiger partial charge < -0.3 is 14.5 Å². The molecule has 0 aliphatic carbocycles. The molecule has 1 heterocycles. The summed E-state index contributed by atoms with van der Waals surface area (Å²) in [6.07, 6.45) is 0. The molecule has 0 unspecified atom stereocenters. The van der Waals surface area contributed by atoms with Gasteiger partial charge in [0.2, 0.25) is 5.76 Å². The van der Waals surface area contributed by atoms with Crippen molar-refractivity contribution in [3.8, 4) is 11.3 Å². The Hall–Kier alpha value is -3.41. The molecule has 29 heavy (non-hydrogen) atoms. The first-order valence-corrected chi connectivity index (χ1v) is 9.27. The minimum Gasteiger partial charge on any atom is -0.450 e. The van der Waals surface area contributed by atoms with Gasteiger partial charge >= 0.3 is 5.97 Å². The van der Waals surface area contributed by atoms with Crippen molar-refractivity contribution in [3.05, 3.63) is 77.3 Å². The van der Waals surface area contributed by atoms with Gasteiger partial charge in [0, 0.05) is 11.3 Å². The number of carbonyl (C=O) groups is 2. The number of anilines is 1. The van der Waals surface area contributed by atoms with Crippen LogP contribution in [0.3, 0.4) is 0 Å². The molecule has 0 saturated heterocycles. The van der Waals surface area contributed by atoms with Gasteiger partial charge in [-0.2, -0.15) is 0 Å². The molecule has 0 aliphatic rings. The van der Waals surface area contributed by atoms with E-state index in [0.717, 1.165) is 16.8 Å². The molecule has 3 rings (SSSR count). The molecule has 2 aromatic carbocycles. The fourth-order valence-electron chi connectivity index (χ4n) is 2.94. The van der Waals surface area contributed by atoms with Crippen molar-refractivity contribution < 1.29 is 23.1 Å². The Morgan fingerprint density at radius 3 is 2.48 bits per heavy atom. The number of hydrogen-bond donors (Lipinski definition) is 1. The van der Waals surface area contributed by atoms with Crippen LogP contribution < -0.4 is 5.32 Å². The molecule has 1 amide bonds. The van der Waals surface area contributed by atoms with E-state index in [2.05, 4.69) is 5.32 Å². The molecule has 150 valence electrons. The maximum absolute atomic E-state index is 13.0. The van der Waals surface area contributed by atoms with Crippen LogP contribution in [0.15, 0.2) is 59.0 Å². The summed E-state index contributed by atoms with van der Waals surface area (Å²) in [4.78, 5) is 24.5. The highest BCUT2D eigenvalue weighted by Gasteiger charge is 2.17. The van der Waals surface area contributed by atoms with Crippen LogP contribution in [-0.4, -0.2) is 18.5 Å². The van der Waals surface area contributed by atoms with E-state index in [-0.39, 0.29) is 17.5 Å². The van der Waals surface area contributed by atoms with E-state index >= 15 is 0 Å². The van der Waals surface area contributed by atoms with Crippen molar-refractivity contribution in [1.82, 2.24) is 0 Å². The molecule has 5 nitrogen and oxygen atoms in total. The van der Waals surface area contributed by atoms with E-state index < -0.39 is 18.5 Å². The summed E-state index contributed by atoms with van der Waals surface area (Å²) >= 11 is 0. The number of furan rings is 1. The van der Waals surface area contributed by atoms with Gasteiger partial charge in [-0.05, 0) is 60.4 Å². The fraction of sp³-hybridized carbons (Fsp3) is 0.217. The Bertz CT molecular complexity index is 1020. The SMILES string of the molecule is Cc1cccc(C(C)C)c1NC(=O)COC(=O)c1ccc(-c2ccc(F)cc2)o1. The minimum atomic E-state index is -0.748. The minimum absolute atomic E-state index is 0.0316. The number of para-hydroxylation sites is 1. The Balaban J connectivity index is 1.61. The highest BCUT2D eigenvalue weighted by atomic mass is 19.1. The molecule has 0 saturated carbocycles. The lowest BCUT2D eigenvalue weighted by Gasteiger charge is -2.16. The van der Waals surface area contributed by atoms with Crippen LogP contribution in [0, 0.1) is 12.7 Å². The van der Waals surface area contributed by atoms with Crippen molar-refractivity contribution in [2.24, 2.45) is 0 Å². The Kier molecular flexibility index (Phi) is 6.12. The first-order valence-electron chi connectivity index (χ1n) is 9.27. The number of ether oxygens (including phenoxy) is 1. The molecule has 0 bridgehead atoms. The van der Waals surface area contributed by atoms with E-state index in [1.165, 1.54) is 18.2 Å². The topological polar surface area (TPSA) is 68.5 Å². The first-order chi connectivity index (χ1) is 13.8. The number of rotatable bonds is 6. The number of aryl methyl sites for hydroxylation is 1. The monoisotopic (exact) mass is 395 g/mol. The van der Waals surface area contributed by atoms with E-state index in [1.54, 1.807) is 18.2 Å². The van der Waals surface area contributed by atoms with E-state index in [4.69, 9.17) is 9.15 Å². The summed E-state index contributed by atoms with van der Waals surface area (Å²) in [5.74, 6) is -0.929. The van der Waals surface area contributed by atoms with E-state index in [9.17, 15) is 14.0 Å². The number of nitrogens with one attached hydrogen (secondary N) is 1. The van der Waals surface area contributed by atoms with Crippen LogP contribution >= 0.6 is 0 Å². The molecule has 1 aromatic heterocycles. The summed E-state index contributed by atoms with van der Waals surface area (Å²) in [5.41, 5.74) is 3.31. The quantitative estimate of drug-likeness (QED) is 0.574. The van der Waals surface area contributed by atoms with Gasteiger partial charge in [0.05, 0.1) is 0 Å². The van der Waals surface area contributed by atoms with Crippen molar-refractivity contribution in [3.63, 3.8) is 0 Å². The highest BCUT2D eigenvalue weighted by Crippen LogP contribution is 2.27. The van der Waals surface area contributed by atoms with Crippen LogP contribution in [0.25, 0.3) is 11.3 Å². The molecule has 0 fully saturated rings. The third-order valence-electron chi connectivity index (χ3n) is 4.46. The zero-order valence-electron chi connectivity index (χ0n) is 16.5. The van der Waals surface area contributed by atoms with Gasteiger partial charge in [-0.25, -0.2) is 9.18 Å². The molecule has 0 aliphatic heterocycles. The summed E-state index contributed by atoms with van der Waals surface area (Å²) in [6, 6.07) is 14.6. The van der Waals surface area contributed by atoms with Gasteiger partial charge in [0.25, 0.3) is 5.91 Å². The molecule has 3 aromatic rings. The third kappa shape index (κ3) is 4.90. The van der Waals surface area contributed by atoms with Crippen molar-refractivity contribution in [1.29, 1.82) is 0 Å². The van der Waals surface area contributed by atoms with Crippen LogP contribution in [-0.2, 0) is 9.53 Å². The van der Waals surface area contributed by atoms with Gasteiger partial charge in [-0.1, -0.05) is 32.0 Å². The summed E-state index contributed by atoms with van der Waals surface area (Å²) < 4.78 is 23.5. The second-order valence-electron chi connectivity index (χ2n) is 6.99. The lowest BCUT2D eigenvalue weighted by atomic mass is 9.98. The molecule has 0 radical (unpaired) electrons. The number of amides is 1. The number of halogens is 1. The highest BCUT2D eigenvalue weighted by molar-refractivity contribution is 5.96. The van der Waals surface area contributed by atoms with E-state index in [0.29, 0.717) is 11.3 Å². The Morgan fingerprint density at radius 1 is 1.07 bits per heavy atom. The second kappa shape index (κ2) is 8.73. The summed E-state index contributed by atoms with van der Waals surface area (Å²) in [6.45, 7) is 5.56. The zero-order chi connectivity index (χ0) is 21.0. The zero-order valence-corrected chi connectivity index (χ0v) is 16.5. The smallest absolute Gasteiger partial charge is 0.374 e. The lowest BCUT2D eigenvalue weighted by Crippen LogP contribution is -2.22. The summed E-state index contributed by atoms with van der Waals surface area (Å²) in [5, 5.41) is 2.82. The lowest BCUT2D eigenvalue weighted by molar-refractivity contribution is -0.119. The normalized spacial score (nSPS) is 10.8. The van der Waals surface area contributed by atoms with Crippen LogP contribution in [0.4, 0.5) is 10.1 Å². The number of benzene rings is 2. The van der Waals surface area contributed by atoms with Crippen LogP contribution in [0.1, 0.15) is 41.4 Å². The van der Waals surface area contributed by atoms with E-state index in [1.807, 2.05) is 39.0 Å².